The summed E-state index contributed by atoms with van der Waals surface area (Å²) in [5.41, 5.74) is 0.905. The van der Waals surface area contributed by atoms with Crippen molar-refractivity contribution in [3.05, 3.63) is 23.8 Å². The van der Waals surface area contributed by atoms with Gasteiger partial charge in [-0.15, -0.1) is 12.4 Å². The highest BCUT2D eigenvalue weighted by molar-refractivity contribution is 7.89. The summed E-state index contributed by atoms with van der Waals surface area (Å²) < 4.78 is 32.1. The molecule has 1 heterocycles. The van der Waals surface area contributed by atoms with Crippen molar-refractivity contribution in [2.75, 3.05) is 26.7 Å². The highest BCUT2D eigenvalue weighted by atomic mass is 35.5. The van der Waals surface area contributed by atoms with Gasteiger partial charge in [0.15, 0.2) is 0 Å². The number of nitrogens with one attached hydrogen (secondary N) is 1. The summed E-state index contributed by atoms with van der Waals surface area (Å²) in [5.74, 6) is 0.400. The molecular weight excluding hydrogens is 300 g/mol. The molecule has 0 spiro atoms. The molecule has 1 aliphatic heterocycles. The second kappa shape index (κ2) is 6.76. The molecule has 7 heteroatoms. The molecule has 2 rings (SSSR count). The predicted octanol–water partition coefficient (Wildman–Crippen LogP) is 1.41. The third kappa shape index (κ3) is 3.44. The fourth-order valence-electron chi connectivity index (χ4n) is 2.24. The Balaban J connectivity index is 0.00000200. The lowest BCUT2D eigenvalue weighted by atomic mass is 10.2. The smallest absolute Gasteiger partial charge is 0.246 e. The van der Waals surface area contributed by atoms with E-state index in [9.17, 15) is 8.42 Å². The Labute approximate surface area is 126 Å². The van der Waals surface area contributed by atoms with E-state index in [2.05, 4.69) is 5.32 Å². The average molecular weight is 321 g/mol. The number of hydrogen-bond donors (Lipinski definition) is 1. The quantitative estimate of drug-likeness (QED) is 0.915. The molecule has 0 radical (unpaired) electrons. The Bertz CT molecular complexity index is 563. The molecule has 114 valence electrons. The molecule has 1 aromatic rings. The summed E-state index contributed by atoms with van der Waals surface area (Å²) in [6, 6.07) is 5.38. The molecule has 20 heavy (non-hydrogen) atoms. The van der Waals surface area contributed by atoms with Gasteiger partial charge < -0.3 is 10.1 Å². The third-order valence-corrected chi connectivity index (χ3v) is 5.15. The van der Waals surface area contributed by atoms with Crippen LogP contribution in [0.1, 0.15) is 12.5 Å². The van der Waals surface area contributed by atoms with E-state index in [1.54, 1.807) is 12.1 Å². The molecule has 0 aliphatic carbocycles. The molecule has 1 saturated heterocycles. The molecule has 1 N–H and O–H groups in total. The summed E-state index contributed by atoms with van der Waals surface area (Å²) in [6.45, 7) is 5.51. The molecule has 1 aliphatic rings. The Morgan fingerprint density at radius 3 is 2.70 bits per heavy atom. The number of rotatable bonds is 3. The lowest BCUT2D eigenvalue weighted by Crippen LogP contribution is -2.51. The van der Waals surface area contributed by atoms with Crippen molar-refractivity contribution in [3.63, 3.8) is 0 Å². The highest BCUT2D eigenvalue weighted by Crippen LogP contribution is 2.28. The fourth-order valence-corrected chi connectivity index (χ4v) is 4.01. The molecule has 1 aromatic carbocycles. The minimum Gasteiger partial charge on any atom is -0.495 e. The average Bonchev–Trinajstić information content (AvgIpc) is 2.38. The SMILES string of the molecule is COc1ccc(C)cc1S(=O)(=O)N1CCNC(C)C1.Cl. The van der Waals surface area contributed by atoms with Gasteiger partial charge in [-0.05, 0) is 31.5 Å². The molecule has 0 saturated carbocycles. The Kier molecular flexibility index (Phi) is 5.82. The van der Waals surface area contributed by atoms with E-state index in [0.29, 0.717) is 25.4 Å². The zero-order chi connectivity index (χ0) is 14.0. The Morgan fingerprint density at radius 1 is 1.40 bits per heavy atom. The maximum absolute atomic E-state index is 12.7. The van der Waals surface area contributed by atoms with Gasteiger partial charge in [0.05, 0.1) is 7.11 Å². The normalized spacial score (nSPS) is 20.2. The fraction of sp³-hybridized carbons (Fsp3) is 0.538. The van der Waals surface area contributed by atoms with Crippen LogP contribution in [0.5, 0.6) is 5.75 Å². The number of halogens is 1. The van der Waals surface area contributed by atoms with Crippen molar-refractivity contribution < 1.29 is 13.2 Å². The van der Waals surface area contributed by atoms with Crippen LogP contribution in [0, 0.1) is 6.92 Å². The van der Waals surface area contributed by atoms with E-state index in [1.807, 2.05) is 19.9 Å². The Hall–Kier alpha value is -0.820. The van der Waals surface area contributed by atoms with Crippen molar-refractivity contribution in [1.82, 2.24) is 9.62 Å². The second-order valence-electron chi connectivity index (χ2n) is 4.87. The maximum Gasteiger partial charge on any atom is 0.246 e. The van der Waals surface area contributed by atoms with Gasteiger partial charge in [0.2, 0.25) is 10.0 Å². The standard InChI is InChI=1S/C13H20N2O3S.ClH/c1-10-4-5-12(18-3)13(8-10)19(16,17)15-7-6-14-11(2)9-15;/h4-5,8,11,14H,6-7,9H2,1-3H3;1H. The van der Waals surface area contributed by atoms with E-state index in [-0.39, 0.29) is 23.3 Å². The first kappa shape index (κ1) is 17.2. The summed E-state index contributed by atoms with van der Waals surface area (Å²) in [4.78, 5) is 0.254. The van der Waals surface area contributed by atoms with E-state index in [4.69, 9.17) is 4.74 Å². The van der Waals surface area contributed by atoms with Crippen molar-refractivity contribution in [1.29, 1.82) is 0 Å². The van der Waals surface area contributed by atoms with Gasteiger partial charge in [0, 0.05) is 25.7 Å². The Morgan fingerprint density at radius 2 is 2.10 bits per heavy atom. The molecule has 1 fully saturated rings. The molecule has 5 nitrogen and oxygen atoms in total. The van der Waals surface area contributed by atoms with Crippen molar-refractivity contribution in [2.45, 2.75) is 24.8 Å². The van der Waals surface area contributed by atoms with Crippen molar-refractivity contribution in [3.8, 4) is 5.75 Å². The van der Waals surface area contributed by atoms with Gasteiger partial charge in [-0.2, -0.15) is 4.31 Å². The number of ether oxygens (including phenoxy) is 1. The van der Waals surface area contributed by atoms with E-state index >= 15 is 0 Å². The van der Waals surface area contributed by atoms with Crippen LogP contribution in [-0.4, -0.2) is 45.5 Å². The van der Waals surface area contributed by atoms with Crippen LogP contribution in [0.15, 0.2) is 23.1 Å². The number of aryl methyl sites for hydroxylation is 1. The maximum atomic E-state index is 12.7. The third-order valence-electron chi connectivity index (χ3n) is 3.27. The number of sulfonamides is 1. The lowest BCUT2D eigenvalue weighted by Gasteiger charge is -2.31. The zero-order valence-corrected chi connectivity index (χ0v) is 13.6. The van der Waals surface area contributed by atoms with Crippen molar-refractivity contribution in [2.24, 2.45) is 0 Å². The molecule has 1 atom stereocenters. The first-order valence-corrected chi connectivity index (χ1v) is 7.77. The van der Waals surface area contributed by atoms with Gasteiger partial charge in [-0.1, -0.05) is 6.07 Å². The molecule has 1 unspecified atom stereocenters. The number of methoxy groups -OCH3 is 1. The van der Waals surface area contributed by atoms with Gasteiger partial charge >= 0.3 is 0 Å². The van der Waals surface area contributed by atoms with E-state index in [1.165, 1.54) is 11.4 Å². The van der Waals surface area contributed by atoms with Crippen LogP contribution < -0.4 is 10.1 Å². The zero-order valence-electron chi connectivity index (χ0n) is 11.9. The monoisotopic (exact) mass is 320 g/mol. The largest absolute Gasteiger partial charge is 0.495 e. The summed E-state index contributed by atoms with van der Waals surface area (Å²) in [6.07, 6.45) is 0. The summed E-state index contributed by atoms with van der Waals surface area (Å²) >= 11 is 0. The molecule has 0 bridgehead atoms. The topological polar surface area (TPSA) is 58.6 Å². The summed E-state index contributed by atoms with van der Waals surface area (Å²) in [7, 11) is -2.00. The number of nitrogens with zero attached hydrogens (tertiary/aromatic N) is 1. The minimum absolute atomic E-state index is 0. The van der Waals surface area contributed by atoms with Crippen molar-refractivity contribution >= 4 is 22.4 Å². The minimum atomic E-state index is -3.49. The number of hydrogen-bond acceptors (Lipinski definition) is 4. The molecular formula is C13H21ClN2O3S. The molecule has 0 amide bonds. The van der Waals surface area contributed by atoms with Crippen LogP contribution in [0.2, 0.25) is 0 Å². The first-order valence-electron chi connectivity index (χ1n) is 6.33. The summed E-state index contributed by atoms with van der Waals surface area (Å²) in [5, 5.41) is 3.24. The van der Waals surface area contributed by atoms with Crippen LogP contribution in [0.4, 0.5) is 0 Å². The van der Waals surface area contributed by atoms with Crippen LogP contribution >= 0.6 is 12.4 Å². The highest BCUT2D eigenvalue weighted by Gasteiger charge is 2.30. The molecule has 0 aromatic heterocycles. The van der Waals surface area contributed by atoms with Gasteiger partial charge in [-0.3, -0.25) is 0 Å². The second-order valence-corrected chi connectivity index (χ2v) is 6.78. The van der Waals surface area contributed by atoms with Gasteiger partial charge in [-0.25, -0.2) is 8.42 Å². The number of benzene rings is 1. The van der Waals surface area contributed by atoms with Crippen LogP contribution in [-0.2, 0) is 10.0 Å². The van der Waals surface area contributed by atoms with Gasteiger partial charge in [0.1, 0.15) is 10.6 Å². The van der Waals surface area contributed by atoms with Crippen LogP contribution in [0.25, 0.3) is 0 Å². The lowest BCUT2D eigenvalue weighted by molar-refractivity contribution is 0.308. The van der Waals surface area contributed by atoms with Gasteiger partial charge in [0.25, 0.3) is 0 Å². The number of piperazine rings is 1. The van der Waals surface area contributed by atoms with E-state index < -0.39 is 10.0 Å². The van der Waals surface area contributed by atoms with E-state index in [0.717, 1.165) is 5.56 Å². The van der Waals surface area contributed by atoms with Crippen LogP contribution in [0.3, 0.4) is 0 Å². The first-order chi connectivity index (χ1) is 8.95. The predicted molar refractivity (Wildman–Crippen MR) is 81.2 cm³/mol.